The third kappa shape index (κ3) is 7.10. The largest absolute Gasteiger partial charge is 0.497 e. The van der Waals surface area contributed by atoms with E-state index in [2.05, 4.69) is 27.4 Å². The summed E-state index contributed by atoms with van der Waals surface area (Å²) in [5, 5.41) is 14.9. The predicted molar refractivity (Wildman–Crippen MR) is 136 cm³/mol. The summed E-state index contributed by atoms with van der Waals surface area (Å²) in [5.41, 5.74) is 1.47. The third-order valence-electron chi connectivity index (χ3n) is 5.06. The zero-order chi connectivity index (χ0) is 25.2. The molecule has 0 aliphatic carbocycles. The van der Waals surface area contributed by atoms with E-state index in [4.69, 9.17) is 9.47 Å². The topological polar surface area (TPSA) is 107 Å². The summed E-state index contributed by atoms with van der Waals surface area (Å²) < 4.78 is 12.3. The molecule has 0 bridgehead atoms. The van der Waals surface area contributed by atoms with E-state index in [1.807, 2.05) is 47.9 Å². The maximum absolute atomic E-state index is 12.6. The number of hydrogen-bond acceptors (Lipinski definition) is 7. The summed E-state index contributed by atoms with van der Waals surface area (Å²) in [6.45, 7) is 6.09. The van der Waals surface area contributed by atoms with E-state index < -0.39 is 0 Å². The molecule has 184 valence electrons. The van der Waals surface area contributed by atoms with Crippen LogP contribution >= 0.6 is 11.8 Å². The highest BCUT2D eigenvalue weighted by atomic mass is 32.2. The maximum Gasteiger partial charge on any atom is 0.234 e. The van der Waals surface area contributed by atoms with Crippen molar-refractivity contribution < 1.29 is 19.1 Å². The van der Waals surface area contributed by atoms with E-state index in [1.165, 1.54) is 11.8 Å². The van der Waals surface area contributed by atoms with Crippen molar-refractivity contribution in [2.75, 3.05) is 25.3 Å². The Morgan fingerprint density at radius 1 is 1.09 bits per heavy atom. The molecule has 0 saturated carbocycles. The van der Waals surface area contributed by atoms with Crippen LogP contribution in [-0.4, -0.2) is 46.6 Å². The number of aromatic nitrogens is 3. The van der Waals surface area contributed by atoms with Crippen LogP contribution in [0.4, 0.5) is 5.69 Å². The van der Waals surface area contributed by atoms with Crippen LogP contribution in [0.15, 0.2) is 66.3 Å². The molecule has 35 heavy (non-hydrogen) atoms. The van der Waals surface area contributed by atoms with Crippen LogP contribution in [0.5, 0.6) is 11.5 Å². The summed E-state index contributed by atoms with van der Waals surface area (Å²) in [6, 6.07) is 14.2. The molecule has 1 aromatic heterocycles. The Hall–Kier alpha value is -3.79. The summed E-state index contributed by atoms with van der Waals surface area (Å²) in [7, 11) is 3.15. The van der Waals surface area contributed by atoms with Crippen molar-refractivity contribution in [2.45, 2.75) is 31.1 Å². The molecule has 1 unspecified atom stereocenters. The number of amides is 2. The van der Waals surface area contributed by atoms with E-state index >= 15 is 0 Å². The first-order valence-electron chi connectivity index (χ1n) is 11.0. The first-order chi connectivity index (χ1) is 16.9. The molecular weight excluding hydrogens is 466 g/mol. The lowest BCUT2D eigenvalue weighted by atomic mass is 10.1. The monoisotopic (exact) mass is 495 g/mol. The fraction of sp³-hybridized carbons (Fsp3) is 0.280. The molecule has 0 spiro atoms. The third-order valence-corrected chi connectivity index (χ3v) is 6.03. The number of allylic oxidation sites excluding steroid dienone is 1. The van der Waals surface area contributed by atoms with E-state index in [1.54, 1.807) is 32.4 Å². The van der Waals surface area contributed by atoms with Crippen molar-refractivity contribution >= 4 is 29.3 Å². The van der Waals surface area contributed by atoms with E-state index in [-0.39, 0.29) is 30.0 Å². The SMILES string of the molecule is C=CCn1c(SCC(=O)Nc2ccccc2OC)nnc1C(C)NC(=O)Cc1ccc(OC)cc1. The fourth-order valence-electron chi connectivity index (χ4n) is 3.38. The van der Waals surface area contributed by atoms with Gasteiger partial charge in [0.2, 0.25) is 11.8 Å². The molecule has 1 heterocycles. The number of ether oxygens (including phenoxy) is 2. The molecule has 9 nitrogen and oxygen atoms in total. The van der Waals surface area contributed by atoms with E-state index in [0.29, 0.717) is 29.0 Å². The van der Waals surface area contributed by atoms with Crippen LogP contribution in [0.2, 0.25) is 0 Å². The molecule has 2 amide bonds. The Bertz CT molecular complexity index is 1160. The van der Waals surface area contributed by atoms with Crippen LogP contribution < -0.4 is 20.1 Å². The minimum atomic E-state index is -0.384. The first kappa shape index (κ1) is 25.8. The fourth-order valence-corrected chi connectivity index (χ4v) is 4.13. The molecule has 3 aromatic rings. The number of nitrogens with zero attached hydrogens (tertiary/aromatic N) is 3. The Labute approximate surface area is 208 Å². The summed E-state index contributed by atoms with van der Waals surface area (Å²) in [5.74, 6) is 1.70. The number of methoxy groups -OCH3 is 2. The lowest BCUT2D eigenvalue weighted by Crippen LogP contribution is -2.30. The minimum Gasteiger partial charge on any atom is -0.497 e. The van der Waals surface area contributed by atoms with Gasteiger partial charge in [0, 0.05) is 6.54 Å². The first-order valence-corrected chi connectivity index (χ1v) is 12.0. The van der Waals surface area contributed by atoms with E-state index in [9.17, 15) is 9.59 Å². The lowest BCUT2D eigenvalue weighted by molar-refractivity contribution is -0.121. The van der Waals surface area contributed by atoms with Gasteiger partial charge in [-0.3, -0.25) is 9.59 Å². The molecule has 0 aliphatic heterocycles. The average Bonchev–Trinajstić information content (AvgIpc) is 3.26. The number of benzene rings is 2. The predicted octanol–water partition coefficient (Wildman–Crippen LogP) is 3.63. The van der Waals surface area contributed by atoms with Crippen LogP contribution in [0.25, 0.3) is 0 Å². The zero-order valence-corrected chi connectivity index (χ0v) is 20.8. The number of carbonyl (C=O) groups is 2. The molecule has 0 fully saturated rings. The van der Waals surface area contributed by atoms with Gasteiger partial charge in [-0.05, 0) is 36.8 Å². The molecule has 10 heteroatoms. The van der Waals surface area contributed by atoms with Crippen molar-refractivity contribution in [1.29, 1.82) is 0 Å². The van der Waals surface area contributed by atoms with Gasteiger partial charge >= 0.3 is 0 Å². The summed E-state index contributed by atoms with van der Waals surface area (Å²) >= 11 is 1.26. The van der Waals surface area contributed by atoms with E-state index in [0.717, 1.165) is 11.3 Å². The van der Waals surface area contributed by atoms with Crippen molar-refractivity contribution in [3.8, 4) is 11.5 Å². The maximum atomic E-state index is 12.6. The quantitative estimate of drug-likeness (QED) is 0.292. The molecule has 0 aliphatic rings. The number of anilines is 1. The number of thioether (sulfide) groups is 1. The number of para-hydroxylation sites is 2. The van der Waals surface area contributed by atoms with Gasteiger partial charge in [0.25, 0.3) is 0 Å². The summed E-state index contributed by atoms with van der Waals surface area (Å²) in [6.07, 6.45) is 1.95. The van der Waals surface area contributed by atoms with Gasteiger partial charge in [-0.25, -0.2) is 0 Å². The molecule has 0 saturated heterocycles. The second-order valence-electron chi connectivity index (χ2n) is 7.59. The minimum absolute atomic E-state index is 0.130. The Kier molecular flexibility index (Phi) is 9.31. The van der Waals surface area contributed by atoms with Crippen LogP contribution in [0.1, 0.15) is 24.4 Å². The smallest absolute Gasteiger partial charge is 0.234 e. The highest BCUT2D eigenvalue weighted by molar-refractivity contribution is 7.99. The van der Waals surface area contributed by atoms with Gasteiger partial charge in [-0.15, -0.1) is 16.8 Å². The van der Waals surface area contributed by atoms with Gasteiger partial charge in [0.1, 0.15) is 11.5 Å². The second kappa shape index (κ2) is 12.6. The molecule has 2 aromatic carbocycles. The Morgan fingerprint density at radius 3 is 2.51 bits per heavy atom. The molecule has 3 rings (SSSR count). The summed E-state index contributed by atoms with van der Waals surface area (Å²) in [4.78, 5) is 25.1. The van der Waals surface area contributed by atoms with Gasteiger partial charge in [-0.2, -0.15) is 0 Å². The van der Waals surface area contributed by atoms with Crippen LogP contribution in [-0.2, 0) is 22.6 Å². The van der Waals surface area contributed by atoms with Gasteiger partial charge in [0.05, 0.1) is 38.1 Å². The van der Waals surface area contributed by atoms with Gasteiger partial charge in [-0.1, -0.05) is 42.1 Å². The van der Waals surface area contributed by atoms with Crippen LogP contribution in [0.3, 0.4) is 0 Å². The van der Waals surface area contributed by atoms with Gasteiger partial charge in [0.15, 0.2) is 11.0 Å². The normalized spacial score (nSPS) is 11.4. The molecule has 1 atom stereocenters. The number of hydrogen-bond donors (Lipinski definition) is 2. The molecule has 0 radical (unpaired) electrons. The Balaban J connectivity index is 1.61. The van der Waals surface area contributed by atoms with Crippen molar-refractivity contribution in [3.05, 3.63) is 72.6 Å². The highest BCUT2D eigenvalue weighted by Gasteiger charge is 2.20. The number of rotatable bonds is 12. The zero-order valence-electron chi connectivity index (χ0n) is 20.0. The standard InChI is InChI=1S/C25H29N5O4S/c1-5-14-30-24(17(2)26-22(31)15-18-10-12-19(33-3)13-11-18)28-29-25(30)35-16-23(32)27-20-8-6-7-9-21(20)34-4/h5-13,17H,1,14-16H2,2-4H3,(H,26,31)(H,27,32). The highest BCUT2D eigenvalue weighted by Crippen LogP contribution is 2.25. The van der Waals surface area contributed by atoms with Crippen molar-refractivity contribution in [3.63, 3.8) is 0 Å². The molecule has 2 N–H and O–H groups in total. The average molecular weight is 496 g/mol. The second-order valence-corrected chi connectivity index (χ2v) is 8.53. The van der Waals surface area contributed by atoms with Gasteiger partial charge < -0.3 is 24.7 Å². The van der Waals surface area contributed by atoms with Crippen LogP contribution in [0, 0.1) is 0 Å². The number of nitrogens with one attached hydrogen (secondary N) is 2. The lowest BCUT2D eigenvalue weighted by Gasteiger charge is -2.15. The van der Waals surface area contributed by atoms with Crippen molar-refractivity contribution in [2.24, 2.45) is 0 Å². The Morgan fingerprint density at radius 2 is 1.83 bits per heavy atom. The van der Waals surface area contributed by atoms with Crippen molar-refractivity contribution in [1.82, 2.24) is 20.1 Å². The number of carbonyl (C=O) groups excluding carboxylic acids is 2. The molecular formula is C25H29N5O4S.